The maximum Gasteiger partial charge on any atom is 0.251 e. The summed E-state index contributed by atoms with van der Waals surface area (Å²) in [5, 5.41) is 15.1. The second-order valence-corrected chi connectivity index (χ2v) is 5.81. The SMILES string of the molecule is CC(=O)Nc1cccc(C(=O)NCC2(CO)CCCC2)c1. The zero-order valence-electron chi connectivity index (χ0n) is 12.3. The molecule has 0 radical (unpaired) electrons. The molecule has 3 N–H and O–H groups in total. The zero-order chi connectivity index (χ0) is 15.3. The molecule has 0 spiro atoms. The molecule has 1 aromatic carbocycles. The first kappa shape index (κ1) is 15.5. The third-order valence-electron chi connectivity index (χ3n) is 4.07. The zero-order valence-corrected chi connectivity index (χ0v) is 12.3. The Hall–Kier alpha value is -1.88. The standard InChI is InChI=1S/C16H22N2O3/c1-12(20)18-14-6-4-5-13(9-14)15(21)17-10-16(11-19)7-2-3-8-16/h4-6,9,19H,2-3,7-8,10-11H2,1H3,(H,17,21)(H,18,20). The highest BCUT2D eigenvalue weighted by molar-refractivity contribution is 5.96. The van der Waals surface area contributed by atoms with Crippen molar-refractivity contribution in [2.24, 2.45) is 5.41 Å². The van der Waals surface area contributed by atoms with Gasteiger partial charge in [0, 0.05) is 30.1 Å². The molecule has 5 heteroatoms. The monoisotopic (exact) mass is 290 g/mol. The van der Waals surface area contributed by atoms with Crippen LogP contribution in [0.4, 0.5) is 5.69 Å². The molecule has 2 amide bonds. The van der Waals surface area contributed by atoms with Crippen LogP contribution in [0, 0.1) is 5.41 Å². The van der Waals surface area contributed by atoms with E-state index in [1.165, 1.54) is 6.92 Å². The Morgan fingerprint density at radius 2 is 2.00 bits per heavy atom. The number of carbonyl (C=O) groups is 2. The number of amides is 2. The van der Waals surface area contributed by atoms with Crippen molar-refractivity contribution in [3.05, 3.63) is 29.8 Å². The molecule has 0 bridgehead atoms. The molecule has 0 aliphatic heterocycles. The van der Waals surface area contributed by atoms with Crippen molar-refractivity contribution in [2.45, 2.75) is 32.6 Å². The fourth-order valence-electron chi connectivity index (χ4n) is 2.83. The minimum atomic E-state index is -0.179. The maximum absolute atomic E-state index is 12.2. The summed E-state index contributed by atoms with van der Waals surface area (Å²) in [5.74, 6) is -0.348. The molecule has 1 fully saturated rings. The average Bonchev–Trinajstić information content (AvgIpc) is 2.94. The van der Waals surface area contributed by atoms with Gasteiger partial charge >= 0.3 is 0 Å². The van der Waals surface area contributed by atoms with Crippen LogP contribution in [0.3, 0.4) is 0 Å². The number of anilines is 1. The predicted molar refractivity (Wildman–Crippen MR) is 81.1 cm³/mol. The number of hydrogen-bond acceptors (Lipinski definition) is 3. The summed E-state index contributed by atoms with van der Waals surface area (Å²) in [6, 6.07) is 6.83. The summed E-state index contributed by atoms with van der Waals surface area (Å²) in [5.41, 5.74) is 0.950. The first-order valence-electron chi connectivity index (χ1n) is 7.31. The van der Waals surface area contributed by atoms with Crippen LogP contribution in [-0.4, -0.2) is 30.1 Å². The van der Waals surface area contributed by atoms with E-state index >= 15 is 0 Å². The Bertz CT molecular complexity index is 522. The summed E-state index contributed by atoms with van der Waals surface area (Å²) in [4.78, 5) is 23.2. The van der Waals surface area contributed by atoms with Gasteiger partial charge in [-0.05, 0) is 31.0 Å². The van der Waals surface area contributed by atoms with Gasteiger partial charge in [-0.15, -0.1) is 0 Å². The molecule has 1 aromatic rings. The molecular formula is C16H22N2O3. The van der Waals surface area contributed by atoms with Crippen molar-refractivity contribution < 1.29 is 14.7 Å². The van der Waals surface area contributed by atoms with Crippen molar-refractivity contribution >= 4 is 17.5 Å². The molecule has 0 unspecified atom stereocenters. The normalized spacial score (nSPS) is 16.5. The summed E-state index contributed by atoms with van der Waals surface area (Å²) < 4.78 is 0. The maximum atomic E-state index is 12.2. The first-order valence-corrected chi connectivity index (χ1v) is 7.31. The summed E-state index contributed by atoms with van der Waals surface area (Å²) in [7, 11) is 0. The van der Waals surface area contributed by atoms with Crippen molar-refractivity contribution in [3.63, 3.8) is 0 Å². The lowest BCUT2D eigenvalue weighted by Gasteiger charge is -2.26. The van der Waals surface area contributed by atoms with Crippen molar-refractivity contribution in [1.29, 1.82) is 0 Å². The minimum Gasteiger partial charge on any atom is -0.396 e. The number of nitrogens with one attached hydrogen (secondary N) is 2. The highest BCUT2D eigenvalue weighted by Crippen LogP contribution is 2.36. The summed E-state index contributed by atoms with van der Waals surface area (Å²) in [6.45, 7) is 2.03. The Morgan fingerprint density at radius 3 is 2.62 bits per heavy atom. The number of carbonyl (C=O) groups excluding carboxylic acids is 2. The number of aliphatic hydroxyl groups excluding tert-OH is 1. The van der Waals surface area contributed by atoms with E-state index < -0.39 is 0 Å². The molecular weight excluding hydrogens is 268 g/mol. The number of hydrogen-bond donors (Lipinski definition) is 3. The molecule has 0 saturated heterocycles. The molecule has 5 nitrogen and oxygen atoms in total. The largest absolute Gasteiger partial charge is 0.396 e. The minimum absolute atomic E-state index is 0.110. The van der Waals surface area contributed by atoms with Crippen LogP contribution in [0.15, 0.2) is 24.3 Å². The molecule has 114 valence electrons. The lowest BCUT2D eigenvalue weighted by Crippen LogP contribution is -2.38. The third-order valence-corrected chi connectivity index (χ3v) is 4.07. The van der Waals surface area contributed by atoms with Gasteiger partial charge in [0.05, 0.1) is 6.61 Å². The van der Waals surface area contributed by atoms with Gasteiger partial charge in [-0.25, -0.2) is 0 Å². The van der Waals surface area contributed by atoms with Crippen LogP contribution in [0.5, 0.6) is 0 Å². The molecule has 1 saturated carbocycles. The molecule has 0 heterocycles. The summed E-state index contributed by atoms with van der Waals surface area (Å²) in [6.07, 6.45) is 4.12. The fraction of sp³-hybridized carbons (Fsp3) is 0.500. The van der Waals surface area contributed by atoms with Gasteiger partial charge in [0.1, 0.15) is 0 Å². The van der Waals surface area contributed by atoms with Gasteiger partial charge < -0.3 is 15.7 Å². The highest BCUT2D eigenvalue weighted by Gasteiger charge is 2.33. The lowest BCUT2D eigenvalue weighted by molar-refractivity contribution is -0.114. The van der Waals surface area contributed by atoms with E-state index in [0.29, 0.717) is 17.8 Å². The molecule has 21 heavy (non-hydrogen) atoms. The van der Waals surface area contributed by atoms with E-state index in [1.54, 1.807) is 24.3 Å². The number of benzene rings is 1. The quantitative estimate of drug-likeness (QED) is 0.775. The van der Waals surface area contributed by atoms with E-state index in [2.05, 4.69) is 10.6 Å². The smallest absolute Gasteiger partial charge is 0.251 e. The van der Waals surface area contributed by atoms with Crippen molar-refractivity contribution in [3.8, 4) is 0 Å². The lowest BCUT2D eigenvalue weighted by atomic mass is 9.87. The van der Waals surface area contributed by atoms with E-state index in [-0.39, 0.29) is 23.8 Å². The number of rotatable bonds is 5. The van der Waals surface area contributed by atoms with Gasteiger partial charge in [0.2, 0.25) is 5.91 Å². The van der Waals surface area contributed by atoms with E-state index in [0.717, 1.165) is 25.7 Å². The predicted octanol–water partition coefficient (Wildman–Crippen LogP) is 1.93. The van der Waals surface area contributed by atoms with Crippen molar-refractivity contribution in [2.75, 3.05) is 18.5 Å². The van der Waals surface area contributed by atoms with Gasteiger partial charge in [-0.1, -0.05) is 18.9 Å². The molecule has 1 aliphatic carbocycles. The van der Waals surface area contributed by atoms with Gasteiger partial charge in [0.25, 0.3) is 5.91 Å². The highest BCUT2D eigenvalue weighted by atomic mass is 16.3. The molecule has 1 aliphatic rings. The van der Waals surface area contributed by atoms with E-state index in [4.69, 9.17) is 0 Å². The average molecular weight is 290 g/mol. The molecule has 0 aromatic heterocycles. The van der Waals surface area contributed by atoms with Crippen LogP contribution in [0.2, 0.25) is 0 Å². The second kappa shape index (κ2) is 6.72. The second-order valence-electron chi connectivity index (χ2n) is 5.81. The Kier molecular flexibility index (Phi) is 4.96. The number of aliphatic hydroxyl groups is 1. The van der Waals surface area contributed by atoms with Crippen molar-refractivity contribution in [1.82, 2.24) is 5.32 Å². The summed E-state index contributed by atoms with van der Waals surface area (Å²) >= 11 is 0. The van der Waals surface area contributed by atoms with Crippen LogP contribution in [0.1, 0.15) is 43.0 Å². The topological polar surface area (TPSA) is 78.4 Å². The van der Waals surface area contributed by atoms with Crippen LogP contribution < -0.4 is 10.6 Å². The first-order chi connectivity index (χ1) is 10.0. The Morgan fingerprint density at radius 1 is 1.29 bits per heavy atom. The molecule has 0 atom stereocenters. The van der Waals surface area contributed by atoms with E-state index in [1.807, 2.05) is 0 Å². The van der Waals surface area contributed by atoms with Crippen LogP contribution in [-0.2, 0) is 4.79 Å². The van der Waals surface area contributed by atoms with Gasteiger partial charge in [-0.2, -0.15) is 0 Å². The third kappa shape index (κ3) is 4.04. The van der Waals surface area contributed by atoms with Crippen LogP contribution >= 0.6 is 0 Å². The Labute approximate surface area is 124 Å². The fourth-order valence-corrected chi connectivity index (χ4v) is 2.83. The van der Waals surface area contributed by atoms with E-state index in [9.17, 15) is 14.7 Å². The molecule has 2 rings (SSSR count). The Balaban J connectivity index is 1.98. The van der Waals surface area contributed by atoms with Gasteiger partial charge in [0.15, 0.2) is 0 Å². The van der Waals surface area contributed by atoms with Crippen LogP contribution in [0.25, 0.3) is 0 Å². The van der Waals surface area contributed by atoms with Gasteiger partial charge in [-0.3, -0.25) is 9.59 Å².